The van der Waals surface area contributed by atoms with Crippen molar-refractivity contribution in [3.05, 3.63) is 126 Å². The molecule has 0 amide bonds. The van der Waals surface area contributed by atoms with Crippen molar-refractivity contribution in [1.29, 1.82) is 0 Å². The van der Waals surface area contributed by atoms with Gasteiger partial charge in [0.15, 0.2) is 17.5 Å². The highest BCUT2D eigenvalue weighted by Gasteiger charge is 2.41. The Kier molecular flexibility index (Phi) is 6.90. The lowest BCUT2D eigenvalue weighted by molar-refractivity contribution is 0.0526. The first-order chi connectivity index (χ1) is 21.6. The lowest BCUT2D eigenvalue weighted by Gasteiger charge is -2.40. The zero-order valence-electron chi connectivity index (χ0n) is 24.6. The molecule has 0 spiro atoms. The first-order valence-electron chi connectivity index (χ1n) is 14.4. The number of benzene rings is 4. The maximum absolute atomic E-state index is 12.2. The van der Waals surface area contributed by atoms with Gasteiger partial charge in [-0.3, -0.25) is 0 Å². The van der Waals surface area contributed by atoms with Crippen molar-refractivity contribution in [2.24, 2.45) is 9.98 Å². The molecule has 44 heavy (non-hydrogen) atoms. The van der Waals surface area contributed by atoms with E-state index in [4.69, 9.17) is 24.6 Å². The average molecular weight is 583 g/mol. The monoisotopic (exact) mass is 582 g/mol. The quantitative estimate of drug-likeness (QED) is 0.214. The van der Waals surface area contributed by atoms with Crippen molar-refractivity contribution in [1.82, 2.24) is 9.78 Å². The van der Waals surface area contributed by atoms with E-state index < -0.39 is 0 Å². The van der Waals surface area contributed by atoms with Gasteiger partial charge >= 0.3 is 5.97 Å². The highest BCUT2D eigenvalue weighted by Crippen LogP contribution is 2.48. The highest BCUT2D eigenvalue weighted by molar-refractivity contribution is 6.51. The first kappa shape index (κ1) is 27.2. The maximum atomic E-state index is 12.2. The topological polar surface area (TPSA) is 93.3 Å². The summed E-state index contributed by atoms with van der Waals surface area (Å²) in [7, 11) is 1.68. The normalized spacial score (nSPS) is 14.9. The molecule has 0 aliphatic carbocycles. The Hall–Kier alpha value is -5.70. The van der Waals surface area contributed by atoms with Crippen molar-refractivity contribution < 1.29 is 14.3 Å². The van der Waals surface area contributed by atoms with Crippen molar-refractivity contribution in [3.63, 3.8) is 0 Å². The van der Waals surface area contributed by atoms with Crippen LogP contribution in [-0.4, -0.2) is 41.1 Å². The Labute approximate surface area is 255 Å². The van der Waals surface area contributed by atoms with Gasteiger partial charge in [-0.2, -0.15) is 5.10 Å². The van der Waals surface area contributed by atoms with Crippen LogP contribution in [0.4, 0.5) is 22.9 Å². The Balaban J connectivity index is 1.42. The molecule has 1 N–H and O–H groups in total. The van der Waals surface area contributed by atoms with Crippen LogP contribution in [0.5, 0.6) is 5.75 Å². The zero-order valence-corrected chi connectivity index (χ0v) is 24.6. The number of anilines is 2. The second-order valence-electron chi connectivity index (χ2n) is 10.4. The number of para-hydroxylation sites is 3. The van der Waals surface area contributed by atoms with Crippen LogP contribution in [0.3, 0.4) is 0 Å². The van der Waals surface area contributed by atoms with Crippen molar-refractivity contribution in [2.75, 3.05) is 23.9 Å². The van der Waals surface area contributed by atoms with Crippen LogP contribution in [0.25, 0.3) is 5.69 Å². The van der Waals surface area contributed by atoms with Gasteiger partial charge in [0.25, 0.3) is 0 Å². The molecule has 1 atom stereocenters. The third kappa shape index (κ3) is 4.68. The number of carbonyl (C=O) groups excluding carboxylic acids is 1. The highest BCUT2D eigenvalue weighted by atomic mass is 16.5. The molecule has 2 aliphatic rings. The van der Waals surface area contributed by atoms with Gasteiger partial charge in [0.05, 0.1) is 48.1 Å². The number of aryl methyl sites for hydroxylation is 1. The van der Waals surface area contributed by atoms with Gasteiger partial charge in [-0.15, -0.1) is 0 Å². The second kappa shape index (κ2) is 11.2. The van der Waals surface area contributed by atoms with Crippen LogP contribution < -0.4 is 15.0 Å². The van der Waals surface area contributed by atoms with E-state index in [-0.39, 0.29) is 12.0 Å². The molecular weight excluding hydrogens is 552 g/mol. The standard InChI is InChI=1S/C35H30N6O3/c1-4-44-35(42)23-17-19-25(20-18-23)36-32-34-38-33-30(22(2)39-41(33)26-12-6-5-7-13-26)31(24-11-10-14-27(21-24)43-3)40(34)29-16-9-8-15-28(29)37-32/h5-21,31H,4H2,1-3H3,(H,36,37). The van der Waals surface area contributed by atoms with Crippen LogP contribution in [0.1, 0.15) is 40.1 Å². The predicted molar refractivity (Wildman–Crippen MR) is 172 cm³/mol. The summed E-state index contributed by atoms with van der Waals surface area (Å²) in [6.45, 7) is 4.14. The fraction of sp³-hybridized carbons (Fsp3) is 0.143. The van der Waals surface area contributed by atoms with Gasteiger partial charge in [0, 0.05) is 11.3 Å². The van der Waals surface area contributed by atoms with Gasteiger partial charge in [0.1, 0.15) is 5.75 Å². The summed E-state index contributed by atoms with van der Waals surface area (Å²) < 4.78 is 12.7. The van der Waals surface area contributed by atoms with Crippen LogP contribution in [-0.2, 0) is 4.74 Å². The molecular formula is C35H30N6O3. The molecule has 4 aromatic carbocycles. The van der Waals surface area contributed by atoms with E-state index >= 15 is 0 Å². The fourth-order valence-electron chi connectivity index (χ4n) is 5.71. The van der Waals surface area contributed by atoms with E-state index in [2.05, 4.69) is 28.4 Å². The van der Waals surface area contributed by atoms with Crippen LogP contribution in [0, 0.1) is 6.92 Å². The number of methoxy groups -OCH3 is 1. The van der Waals surface area contributed by atoms with Gasteiger partial charge in [-0.1, -0.05) is 42.5 Å². The largest absolute Gasteiger partial charge is 0.497 e. The molecule has 9 nitrogen and oxygen atoms in total. The predicted octanol–water partition coefficient (Wildman–Crippen LogP) is 7.16. The van der Waals surface area contributed by atoms with Crippen LogP contribution in [0.15, 0.2) is 113 Å². The van der Waals surface area contributed by atoms with Crippen molar-refractivity contribution >= 4 is 40.5 Å². The molecule has 0 saturated carbocycles. The summed E-state index contributed by atoms with van der Waals surface area (Å²) >= 11 is 0. The summed E-state index contributed by atoms with van der Waals surface area (Å²) in [5.74, 6) is 2.36. The SMILES string of the molecule is CCOC(=O)c1ccc(NC2=Nc3ccccc3N3C2=Nc2c(c(C)nn2-c2ccccc2)C3c2cccc(OC)c2)cc1. The Morgan fingerprint density at radius 1 is 0.909 bits per heavy atom. The molecule has 0 saturated heterocycles. The van der Waals surface area contributed by atoms with E-state index in [9.17, 15) is 4.79 Å². The Morgan fingerprint density at radius 3 is 2.45 bits per heavy atom. The minimum Gasteiger partial charge on any atom is -0.497 e. The molecule has 7 rings (SSSR count). The zero-order chi connectivity index (χ0) is 30.2. The Bertz CT molecular complexity index is 1930. The minimum atomic E-state index is -0.357. The van der Waals surface area contributed by atoms with E-state index in [0.29, 0.717) is 23.8 Å². The van der Waals surface area contributed by atoms with Crippen LogP contribution >= 0.6 is 0 Å². The lowest BCUT2D eigenvalue weighted by Crippen LogP contribution is -2.46. The number of hydrogen-bond donors (Lipinski definition) is 1. The molecule has 1 aromatic heterocycles. The number of rotatable bonds is 6. The number of ether oxygens (including phenoxy) is 2. The summed E-state index contributed by atoms with van der Waals surface area (Å²) in [6.07, 6.45) is 0. The number of aliphatic imine (C=N–C) groups is 2. The van der Waals surface area contributed by atoms with Gasteiger partial charge in [0.2, 0.25) is 0 Å². The van der Waals surface area contributed by atoms with E-state index in [1.165, 1.54) is 0 Å². The van der Waals surface area contributed by atoms with Crippen LogP contribution in [0.2, 0.25) is 0 Å². The first-order valence-corrected chi connectivity index (χ1v) is 14.4. The Morgan fingerprint density at radius 2 is 1.68 bits per heavy atom. The summed E-state index contributed by atoms with van der Waals surface area (Å²) in [5.41, 5.74) is 6.80. The molecule has 218 valence electrons. The number of fused-ring (bicyclic) bond motifs is 4. The number of esters is 1. The fourth-order valence-corrected chi connectivity index (χ4v) is 5.71. The van der Waals surface area contributed by atoms with E-state index in [1.807, 2.05) is 84.4 Å². The van der Waals surface area contributed by atoms with Crippen molar-refractivity contribution in [3.8, 4) is 11.4 Å². The molecule has 0 bridgehead atoms. The number of amidine groups is 2. The lowest BCUT2D eigenvalue weighted by atomic mass is 9.93. The number of carbonyl (C=O) groups is 1. The van der Waals surface area contributed by atoms with Gasteiger partial charge in [-0.25, -0.2) is 19.5 Å². The molecule has 9 heteroatoms. The molecule has 1 unspecified atom stereocenters. The number of nitrogens with zero attached hydrogens (tertiary/aromatic N) is 5. The van der Waals surface area contributed by atoms with E-state index in [0.717, 1.165) is 51.1 Å². The van der Waals surface area contributed by atoms with Gasteiger partial charge < -0.3 is 19.7 Å². The molecule has 3 heterocycles. The summed E-state index contributed by atoms with van der Waals surface area (Å²) in [6, 6.07) is 33.1. The average Bonchev–Trinajstić information content (AvgIpc) is 3.40. The minimum absolute atomic E-state index is 0.273. The third-order valence-corrected chi connectivity index (χ3v) is 7.71. The molecule has 0 fully saturated rings. The third-order valence-electron chi connectivity index (χ3n) is 7.71. The second-order valence-corrected chi connectivity index (χ2v) is 10.4. The van der Waals surface area contributed by atoms with E-state index in [1.54, 1.807) is 26.2 Å². The van der Waals surface area contributed by atoms with Crippen molar-refractivity contribution in [2.45, 2.75) is 19.9 Å². The summed E-state index contributed by atoms with van der Waals surface area (Å²) in [4.78, 5) is 24.8. The molecule has 2 aliphatic heterocycles. The summed E-state index contributed by atoms with van der Waals surface area (Å²) in [5, 5.41) is 8.47. The van der Waals surface area contributed by atoms with Gasteiger partial charge in [-0.05, 0) is 80.1 Å². The number of hydrogen-bond acceptors (Lipinski definition) is 8. The number of aromatic nitrogens is 2. The molecule has 5 aromatic rings. The molecule has 0 radical (unpaired) electrons. The number of nitrogens with one attached hydrogen (secondary N) is 1. The smallest absolute Gasteiger partial charge is 0.338 e. The maximum Gasteiger partial charge on any atom is 0.338 e.